The number of amides is 1. The van der Waals surface area contributed by atoms with Crippen LogP contribution in [0.1, 0.15) is 34.4 Å². The molecule has 0 bridgehead atoms. The summed E-state index contributed by atoms with van der Waals surface area (Å²) < 4.78 is 2.88. The lowest BCUT2D eigenvalue weighted by atomic mass is 9.97. The van der Waals surface area contributed by atoms with Crippen molar-refractivity contribution in [2.75, 3.05) is 5.75 Å². The lowest BCUT2D eigenvalue weighted by Gasteiger charge is -2.13. The second-order valence-corrected chi connectivity index (χ2v) is 12.5. The third-order valence-electron chi connectivity index (χ3n) is 6.03. The molecule has 2 aromatic heterocycles. The summed E-state index contributed by atoms with van der Waals surface area (Å²) in [6, 6.07) is 11.1. The zero-order chi connectivity index (χ0) is 26.1. The lowest BCUT2D eigenvalue weighted by Crippen LogP contribution is -2.24. The Hall–Kier alpha value is -2.47. The van der Waals surface area contributed by atoms with E-state index in [2.05, 4.69) is 42.4 Å². The van der Waals surface area contributed by atoms with Gasteiger partial charge in [0, 0.05) is 14.9 Å². The number of hydrogen-bond acceptors (Lipinski definition) is 7. The molecule has 2 aromatic carbocycles. The van der Waals surface area contributed by atoms with Crippen LogP contribution in [0.25, 0.3) is 15.9 Å². The van der Waals surface area contributed by atoms with Crippen LogP contribution in [0.2, 0.25) is 0 Å². The Bertz CT molecular complexity index is 1600. The number of hydrogen-bond donors (Lipinski definition) is 2. The number of nitrogens with one attached hydrogen (secondary N) is 1. The molecular weight excluding hydrogens is 640 g/mol. The van der Waals surface area contributed by atoms with Crippen molar-refractivity contribution in [3.8, 4) is 11.4 Å². The van der Waals surface area contributed by atoms with Crippen molar-refractivity contribution in [1.82, 2.24) is 15.0 Å². The first kappa shape index (κ1) is 26.1. The van der Waals surface area contributed by atoms with Crippen molar-refractivity contribution < 1.29 is 9.90 Å². The number of nitrogens with zero attached hydrogens (tertiary/aromatic N) is 3. The summed E-state index contributed by atoms with van der Waals surface area (Å²) in [6.45, 7) is 2.00. The number of thiophene rings is 1. The Balaban J connectivity index is 1.42. The molecule has 0 radical (unpaired) electrons. The highest BCUT2D eigenvalue weighted by Gasteiger charge is 2.23. The highest BCUT2D eigenvalue weighted by atomic mass is 79.9. The van der Waals surface area contributed by atoms with Crippen LogP contribution in [0.4, 0.5) is 0 Å². The number of thioether (sulfide) groups is 1. The lowest BCUT2D eigenvalue weighted by molar-refractivity contribution is -0.118. The van der Waals surface area contributed by atoms with E-state index in [1.807, 2.05) is 31.2 Å². The van der Waals surface area contributed by atoms with Crippen molar-refractivity contribution in [2.45, 2.75) is 37.8 Å². The quantitative estimate of drug-likeness (QED) is 0.113. The number of aryl methyl sites for hydroxylation is 3. The molecule has 0 spiro atoms. The topological polar surface area (TPSA) is 96.6 Å². The number of carbonyl (C=O) groups excluding carboxylic acids is 1. The van der Waals surface area contributed by atoms with Gasteiger partial charge in [-0.3, -0.25) is 14.2 Å². The minimum Gasteiger partial charge on any atom is -0.506 e. The standard InChI is InChI=1S/C26H22Br2N4O3S2/c1-14-6-8-17(9-7-14)32-25(35)22-18-4-2-3-5-20(18)37-24(22)30-26(32)36-13-21(33)31-29-12-15-10-16(27)11-19(28)23(15)34/h6-12,34H,2-5,13H2,1H3,(H,31,33). The molecule has 0 fully saturated rings. The molecule has 37 heavy (non-hydrogen) atoms. The zero-order valence-corrected chi connectivity index (χ0v) is 24.6. The van der Waals surface area contributed by atoms with Gasteiger partial charge in [-0.25, -0.2) is 10.4 Å². The summed E-state index contributed by atoms with van der Waals surface area (Å²) in [6.07, 6.45) is 5.46. The molecule has 1 aliphatic rings. The summed E-state index contributed by atoms with van der Waals surface area (Å²) in [4.78, 5) is 33.2. The van der Waals surface area contributed by atoms with Crippen LogP contribution in [0.15, 0.2) is 60.4 Å². The number of aromatic nitrogens is 2. The fourth-order valence-electron chi connectivity index (χ4n) is 4.23. The summed E-state index contributed by atoms with van der Waals surface area (Å²) in [7, 11) is 0. The number of halogens is 2. The van der Waals surface area contributed by atoms with Crippen LogP contribution < -0.4 is 11.0 Å². The normalized spacial score (nSPS) is 13.3. The van der Waals surface area contributed by atoms with Crippen molar-refractivity contribution in [3.05, 3.63) is 77.3 Å². The van der Waals surface area contributed by atoms with E-state index in [-0.39, 0.29) is 23.0 Å². The summed E-state index contributed by atoms with van der Waals surface area (Å²) >= 11 is 9.42. The first-order chi connectivity index (χ1) is 17.8. The number of benzene rings is 2. The number of fused-ring (bicyclic) bond motifs is 3. The minimum atomic E-state index is -0.356. The molecule has 1 aliphatic carbocycles. The predicted molar refractivity (Wildman–Crippen MR) is 157 cm³/mol. The number of carbonyl (C=O) groups is 1. The van der Waals surface area contributed by atoms with Gasteiger partial charge in [0.25, 0.3) is 11.5 Å². The third-order valence-corrected chi connectivity index (χ3v) is 9.22. The maximum absolute atomic E-state index is 13.8. The highest BCUT2D eigenvalue weighted by Crippen LogP contribution is 2.35. The monoisotopic (exact) mass is 660 g/mol. The fraction of sp³-hybridized carbons (Fsp3) is 0.231. The van der Waals surface area contributed by atoms with Crippen LogP contribution in [0.5, 0.6) is 5.75 Å². The zero-order valence-electron chi connectivity index (χ0n) is 19.8. The first-order valence-corrected chi connectivity index (χ1v) is 15.0. The number of phenols is 1. The average Bonchev–Trinajstić information content (AvgIpc) is 3.25. The van der Waals surface area contributed by atoms with Gasteiger partial charge in [-0.1, -0.05) is 45.4 Å². The maximum atomic E-state index is 13.8. The molecule has 0 saturated carbocycles. The van der Waals surface area contributed by atoms with Crippen LogP contribution in [0, 0.1) is 6.92 Å². The second-order valence-electron chi connectivity index (χ2n) is 8.67. The van der Waals surface area contributed by atoms with Crippen molar-refractivity contribution in [3.63, 3.8) is 0 Å². The van der Waals surface area contributed by atoms with Gasteiger partial charge in [0.05, 0.1) is 27.5 Å². The largest absolute Gasteiger partial charge is 0.506 e. The van der Waals surface area contributed by atoms with Gasteiger partial charge >= 0.3 is 0 Å². The average molecular weight is 662 g/mol. The molecule has 190 valence electrons. The number of phenolic OH excluding ortho intramolecular Hbond substituents is 1. The molecule has 2 heterocycles. The van der Waals surface area contributed by atoms with Crippen LogP contribution in [0.3, 0.4) is 0 Å². The van der Waals surface area contributed by atoms with Gasteiger partial charge in [0.1, 0.15) is 10.6 Å². The van der Waals surface area contributed by atoms with Gasteiger partial charge in [-0.2, -0.15) is 5.10 Å². The van der Waals surface area contributed by atoms with Crippen molar-refractivity contribution in [2.24, 2.45) is 5.10 Å². The van der Waals surface area contributed by atoms with Crippen LogP contribution in [-0.4, -0.2) is 32.5 Å². The van der Waals surface area contributed by atoms with E-state index < -0.39 is 0 Å². The molecule has 7 nitrogen and oxygen atoms in total. The third kappa shape index (κ3) is 5.55. The van der Waals surface area contributed by atoms with E-state index in [0.717, 1.165) is 51.8 Å². The van der Waals surface area contributed by atoms with Crippen molar-refractivity contribution >= 4 is 77.3 Å². The number of hydrazone groups is 1. The van der Waals surface area contributed by atoms with Gasteiger partial charge < -0.3 is 5.11 Å². The number of rotatable bonds is 6. The Morgan fingerprint density at radius 1 is 1.24 bits per heavy atom. The Morgan fingerprint density at radius 2 is 2.00 bits per heavy atom. The van der Waals surface area contributed by atoms with Crippen LogP contribution in [-0.2, 0) is 17.6 Å². The molecule has 0 atom stereocenters. The molecule has 1 amide bonds. The molecule has 0 aliphatic heterocycles. The smallest absolute Gasteiger partial charge is 0.267 e. The summed E-state index contributed by atoms with van der Waals surface area (Å²) in [5.74, 6) is -0.320. The van der Waals surface area contributed by atoms with E-state index in [0.29, 0.717) is 20.6 Å². The fourth-order valence-corrected chi connectivity index (χ4v) is 7.59. The first-order valence-electron chi connectivity index (χ1n) is 11.6. The van der Waals surface area contributed by atoms with E-state index >= 15 is 0 Å². The minimum absolute atomic E-state index is 0.0143. The Kier molecular flexibility index (Phi) is 7.85. The molecule has 5 rings (SSSR count). The number of aromatic hydroxyl groups is 1. The van der Waals surface area contributed by atoms with Gasteiger partial charge in [0.2, 0.25) is 0 Å². The maximum Gasteiger partial charge on any atom is 0.267 e. The van der Waals surface area contributed by atoms with Gasteiger partial charge in [-0.05, 0) is 78.4 Å². The molecular formula is C26H22Br2N4O3S2. The molecule has 4 aromatic rings. The van der Waals surface area contributed by atoms with E-state index in [1.54, 1.807) is 28.0 Å². The molecule has 11 heteroatoms. The summed E-state index contributed by atoms with van der Waals surface area (Å²) in [5.41, 5.74) is 5.78. The SMILES string of the molecule is Cc1ccc(-n2c(SCC(=O)NN=Cc3cc(Br)cc(Br)c3O)nc3sc4c(c3c2=O)CCCC4)cc1. The second kappa shape index (κ2) is 11.1. The van der Waals surface area contributed by atoms with Gasteiger partial charge in [0.15, 0.2) is 5.16 Å². The van der Waals surface area contributed by atoms with Crippen LogP contribution >= 0.6 is 55.0 Å². The van der Waals surface area contributed by atoms with E-state index in [4.69, 9.17) is 4.98 Å². The Labute approximate surface area is 238 Å². The molecule has 0 saturated heterocycles. The highest BCUT2D eigenvalue weighted by molar-refractivity contribution is 9.11. The Morgan fingerprint density at radius 3 is 2.78 bits per heavy atom. The van der Waals surface area contributed by atoms with Crippen molar-refractivity contribution in [1.29, 1.82) is 0 Å². The van der Waals surface area contributed by atoms with E-state index in [9.17, 15) is 14.7 Å². The van der Waals surface area contributed by atoms with Gasteiger partial charge in [-0.15, -0.1) is 11.3 Å². The molecule has 2 N–H and O–H groups in total. The van der Waals surface area contributed by atoms with E-state index in [1.165, 1.54) is 22.9 Å². The predicted octanol–water partition coefficient (Wildman–Crippen LogP) is 6.11. The molecule has 0 unspecified atom stereocenters. The summed E-state index contributed by atoms with van der Waals surface area (Å²) in [5, 5.41) is 15.3.